The van der Waals surface area contributed by atoms with Crippen LogP contribution in [0.25, 0.3) is 0 Å². The normalized spacial score (nSPS) is 20.9. The maximum atomic E-state index is 11.2. The highest BCUT2D eigenvalue weighted by molar-refractivity contribution is 5.72. The highest BCUT2D eigenvalue weighted by Crippen LogP contribution is 2.34. The van der Waals surface area contributed by atoms with Crippen molar-refractivity contribution in [2.45, 2.75) is 45.1 Å². The molecule has 0 spiro atoms. The van der Waals surface area contributed by atoms with E-state index in [1.807, 2.05) is 0 Å². The molecule has 0 radical (unpaired) electrons. The van der Waals surface area contributed by atoms with Crippen molar-refractivity contribution in [2.75, 3.05) is 7.11 Å². The van der Waals surface area contributed by atoms with E-state index in [0.717, 1.165) is 12.8 Å². The van der Waals surface area contributed by atoms with E-state index in [9.17, 15) is 4.79 Å². The lowest BCUT2D eigenvalue weighted by molar-refractivity contribution is -0.203. The summed E-state index contributed by atoms with van der Waals surface area (Å²) < 4.78 is 0. The minimum absolute atomic E-state index is 0.00176. The molecule has 1 rings (SSSR count). The van der Waals surface area contributed by atoms with Crippen LogP contribution in [-0.2, 0) is 9.63 Å². The van der Waals surface area contributed by atoms with Gasteiger partial charge in [-0.2, -0.15) is 0 Å². The summed E-state index contributed by atoms with van der Waals surface area (Å²) in [4.78, 5) is 16.3. The lowest BCUT2D eigenvalue weighted by Gasteiger charge is -2.35. The molecule has 12 heavy (non-hydrogen) atoms. The quantitative estimate of drug-likeness (QED) is 0.592. The summed E-state index contributed by atoms with van der Waals surface area (Å²) in [5.41, 5.74) is -0.0550. The average Bonchev–Trinajstić information content (AvgIpc) is 2.37. The standard InChI is InChI=1S/C9H17NO2/c1-8(11)10(12-3)9(2)6-4-5-7-9/h4-7H2,1-3H3. The SMILES string of the molecule is CON(C(C)=O)C1(C)CCCC1. The molecule has 0 saturated heterocycles. The van der Waals surface area contributed by atoms with E-state index in [4.69, 9.17) is 4.84 Å². The smallest absolute Gasteiger partial charge is 0.243 e. The fourth-order valence-electron chi connectivity index (χ4n) is 2.07. The maximum absolute atomic E-state index is 11.2. The highest BCUT2D eigenvalue weighted by Gasteiger charge is 2.37. The Labute approximate surface area is 73.6 Å². The van der Waals surface area contributed by atoms with Gasteiger partial charge >= 0.3 is 0 Å². The van der Waals surface area contributed by atoms with Gasteiger partial charge in [0.1, 0.15) is 0 Å². The van der Waals surface area contributed by atoms with Gasteiger partial charge in [0.25, 0.3) is 0 Å². The lowest BCUT2D eigenvalue weighted by atomic mass is 10.0. The maximum Gasteiger partial charge on any atom is 0.243 e. The fourth-order valence-corrected chi connectivity index (χ4v) is 2.07. The van der Waals surface area contributed by atoms with Crippen LogP contribution in [0.1, 0.15) is 39.5 Å². The van der Waals surface area contributed by atoms with Crippen LogP contribution < -0.4 is 0 Å². The fraction of sp³-hybridized carbons (Fsp3) is 0.889. The molecule has 0 aromatic heterocycles. The third-order valence-corrected chi connectivity index (χ3v) is 2.64. The van der Waals surface area contributed by atoms with E-state index in [2.05, 4.69) is 6.92 Å². The van der Waals surface area contributed by atoms with E-state index in [0.29, 0.717) is 0 Å². The molecular formula is C9H17NO2. The van der Waals surface area contributed by atoms with Gasteiger partial charge < -0.3 is 0 Å². The van der Waals surface area contributed by atoms with Gasteiger partial charge in [0.05, 0.1) is 12.6 Å². The monoisotopic (exact) mass is 171 g/mol. The van der Waals surface area contributed by atoms with Crippen molar-refractivity contribution in [3.8, 4) is 0 Å². The Morgan fingerprint density at radius 2 is 1.92 bits per heavy atom. The summed E-state index contributed by atoms with van der Waals surface area (Å²) >= 11 is 0. The Morgan fingerprint density at radius 1 is 1.42 bits per heavy atom. The number of hydrogen-bond donors (Lipinski definition) is 0. The molecule has 0 bridgehead atoms. The van der Waals surface area contributed by atoms with Crippen LogP contribution in [0.3, 0.4) is 0 Å². The largest absolute Gasteiger partial charge is 0.274 e. The minimum Gasteiger partial charge on any atom is -0.274 e. The summed E-state index contributed by atoms with van der Waals surface area (Å²) in [6.45, 7) is 3.64. The topological polar surface area (TPSA) is 29.5 Å². The lowest BCUT2D eigenvalue weighted by Crippen LogP contribution is -2.46. The summed E-state index contributed by atoms with van der Waals surface area (Å²) in [5.74, 6) is 0.00176. The molecule has 3 heteroatoms. The predicted octanol–water partition coefficient (Wildman–Crippen LogP) is 1.73. The van der Waals surface area contributed by atoms with E-state index in [1.54, 1.807) is 14.0 Å². The zero-order valence-electron chi connectivity index (χ0n) is 8.09. The van der Waals surface area contributed by atoms with Gasteiger partial charge in [0.2, 0.25) is 5.91 Å². The number of amides is 1. The van der Waals surface area contributed by atoms with Crippen molar-refractivity contribution in [3.63, 3.8) is 0 Å². The second kappa shape index (κ2) is 3.44. The molecule has 0 atom stereocenters. The second-order valence-corrected chi connectivity index (χ2v) is 3.70. The molecule has 1 fully saturated rings. The molecule has 3 nitrogen and oxygen atoms in total. The van der Waals surface area contributed by atoms with Crippen molar-refractivity contribution in [1.82, 2.24) is 5.06 Å². The van der Waals surface area contributed by atoms with Gasteiger partial charge in [0.15, 0.2) is 0 Å². The molecule has 1 aliphatic rings. The average molecular weight is 171 g/mol. The van der Waals surface area contributed by atoms with E-state index < -0.39 is 0 Å². The zero-order chi connectivity index (χ0) is 9.19. The van der Waals surface area contributed by atoms with Crippen LogP contribution >= 0.6 is 0 Å². The number of hydrogen-bond acceptors (Lipinski definition) is 2. The Kier molecular flexibility index (Phi) is 2.73. The van der Waals surface area contributed by atoms with E-state index >= 15 is 0 Å². The number of carbonyl (C=O) groups excluding carboxylic acids is 1. The number of carbonyl (C=O) groups is 1. The van der Waals surface area contributed by atoms with Crippen LogP contribution in [0.15, 0.2) is 0 Å². The minimum atomic E-state index is -0.0550. The first-order valence-corrected chi connectivity index (χ1v) is 4.45. The van der Waals surface area contributed by atoms with Crippen LogP contribution in [0.5, 0.6) is 0 Å². The van der Waals surface area contributed by atoms with Crippen molar-refractivity contribution in [3.05, 3.63) is 0 Å². The Morgan fingerprint density at radius 3 is 2.25 bits per heavy atom. The molecule has 0 aromatic rings. The zero-order valence-corrected chi connectivity index (χ0v) is 8.09. The van der Waals surface area contributed by atoms with Gasteiger partial charge in [-0.3, -0.25) is 9.63 Å². The van der Waals surface area contributed by atoms with Gasteiger partial charge in [-0.1, -0.05) is 12.8 Å². The summed E-state index contributed by atoms with van der Waals surface area (Å²) in [7, 11) is 1.56. The highest BCUT2D eigenvalue weighted by atomic mass is 16.7. The van der Waals surface area contributed by atoms with Crippen molar-refractivity contribution in [1.29, 1.82) is 0 Å². The molecule has 1 saturated carbocycles. The molecule has 1 amide bonds. The third-order valence-electron chi connectivity index (χ3n) is 2.64. The molecule has 1 aliphatic carbocycles. The molecule has 0 aliphatic heterocycles. The molecule has 70 valence electrons. The number of rotatable bonds is 2. The molecule has 0 N–H and O–H groups in total. The first kappa shape index (κ1) is 9.52. The van der Waals surface area contributed by atoms with Crippen molar-refractivity contribution in [2.24, 2.45) is 0 Å². The van der Waals surface area contributed by atoms with Gasteiger partial charge in [-0.25, -0.2) is 5.06 Å². The van der Waals surface area contributed by atoms with Crippen LogP contribution in [0.2, 0.25) is 0 Å². The second-order valence-electron chi connectivity index (χ2n) is 3.70. The van der Waals surface area contributed by atoms with Crippen molar-refractivity contribution >= 4 is 5.91 Å². The summed E-state index contributed by atoms with van der Waals surface area (Å²) in [5, 5.41) is 1.51. The van der Waals surface area contributed by atoms with Crippen LogP contribution in [0.4, 0.5) is 0 Å². The van der Waals surface area contributed by atoms with E-state index in [1.165, 1.54) is 17.9 Å². The first-order chi connectivity index (χ1) is 5.60. The Hall–Kier alpha value is -0.570. The van der Waals surface area contributed by atoms with E-state index in [-0.39, 0.29) is 11.4 Å². The Bertz CT molecular complexity index is 173. The van der Waals surface area contributed by atoms with Crippen LogP contribution in [-0.4, -0.2) is 23.6 Å². The number of nitrogens with zero attached hydrogens (tertiary/aromatic N) is 1. The third kappa shape index (κ3) is 1.61. The molecule has 0 heterocycles. The molecule has 0 unspecified atom stereocenters. The number of hydroxylamine groups is 2. The van der Waals surface area contributed by atoms with Crippen molar-refractivity contribution < 1.29 is 9.63 Å². The molecule has 0 aromatic carbocycles. The van der Waals surface area contributed by atoms with Crippen LogP contribution in [0, 0.1) is 0 Å². The van der Waals surface area contributed by atoms with Gasteiger partial charge in [0, 0.05) is 6.92 Å². The predicted molar refractivity (Wildman–Crippen MR) is 46.4 cm³/mol. The van der Waals surface area contributed by atoms with Gasteiger partial charge in [-0.15, -0.1) is 0 Å². The summed E-state index contributed by atoms with van der Waals surface area (Å²) in [6.07, 6.45) is 4.51. The summed E-state index contributed by atoms with van der Waals surface area (Å²) in [6, 6.07) is 0. The van der Waals surface area contributed by atoms with Gasteiger partial charge in [-0.05, 0) is 19.8 Å². The Balaban J connectivity index is 2.69. The molecular weight excluding hydrogens is 154 g/mol. The first-order valence-electron chi connectivity index (χ1n) is 4.45.